The molecule has 2 heterocycles. The van der Waals surface area contributed by atoms with E-state index >= 15 is 0 Å². The molecule has 0 saturated heterocycles. The van der Waals surface area contributed by atoms with Crippen LogP contribution in [0.5, 0.6) is 0 Å². The number of benzene rings is 2. The summed E-state index contributed by atoms with van der Waals surface area (Å²) < 4.78 is 15.8. The quantitative estimate of drug-likeness (QED) is 0.519. The summed E-state index contributed by atoms with van der Waals surface area (Å²) in [6.07, 6.45) is 1.32. The average Bonchev–Trinajstić information content (AvgIpc) is 2.94. The molecule has 0 atom stereocenters. The van der Waals surface area contributed by atoms with Gasteiger partial charge in [0, 0.05) is 20.9 Å². The topological polar surface area (TPSA) is 63.0 Å². The number of H-pyrrole nitrogens is 1. The Morgan fingerprint density at radius 3 is 2.88 bits per heavy atom. The van der Waals surface area contributed by atoms with Crippen LogP contribution in [0.2, 0.25) is 0 Å². The lowest BCUT2D eigenvalue weighted by Gasteiger charge is -2.03. The molecule has 124 valence electrons. The van der Waals surface area contributed by atoms with E-state index in [1.54, 1.807) is 25.1 Å². The fourth-order valence-electron chi connectivity index (χ4n) is 2.72. The van der Waals surface area contributed by atoms with Crippen molar-refractivity contribution in [1.29, 1.82) is 0 Å². The standard InChI is InChI=1S/C18H12BrFN4O/c1-10-22-16-13-8-12(19)6-7-15(13)23-17(16)18(25)24(10)21-9-11-4-2-3-5-14(11)20/h2-9,23H,1H3/b21-9-. The summed E-state index contributed by atoms with van der Waals surface area (Å²) in [6, 6.07) is 11.9. The third-order valence-corrected chi connectivity index (χ3v) is 4.43. The number of hydrogen-bond acceptors (Lipinski definition) is 3. The Bertz CT molecular complexity index is 1210. The largest absolute Gasteiger partial charge is 0.349 e. The monoisotopic (exact) mass is 398 g/mol. The van der Waals surface area contributed by atoms with Crippen LogP contribution in [0.3, 0.4) is 0 Å². The number of nitrogens with one attached hydrogen (secondary N) is 1. The minimum absolute atomic E-state index is 0.300. The molecule has 7 heteroatoms. The Morgan fingerprint density at radius 2 is 2.08 bits per heavy atom. The minimum Gasteiger partial charge on any atom is -0.349 e. The number of nitrogens with zero attached hydrogens (tertiary/aromatic N) is 3. The summed E-state index contributed by atoms with van der Waals surface area (Å²) in [5.41, 5.74) is 1.75. The molecule has 4 aromatic rings. The van der Waals surface area contributed by atoms with Crippen LogP contribution in [0.1, 0.15) is 11.4 Å². The molecule has 0 aliphatic heterocycles. The van der Waals surface area contributed by atoms with Gasteiger partial charge in [-0.25, -0.2) is 9.37 Å². The van der Waals surface area contributed by atoms with Gasteiger partial charge in [0.05, 0.1) is 6.21 Å². The van der Waals surface area contributed by atoms with E-state index < -0.39 is 5.82 Å². The van der Waals surface area contributed by atoms with Crippen LogP contribution in [-0.2, 0) is 0 Å². The molecular formula is C18H12BrFN4O. The highest BCUT2D eigenvalue weighted by Crippen LogP contribution is 2.25. The molecule has 0 aliphatic carbocycles. The molecule has 0 bridgehead atoms. The van der Waals surface area contributed by atoms with E-state index in [1.807, 2.05) is 18.2 Å². The van der Waals surface area contributed by atoms with Crippen LogP contribution in [0.4, 0.5) is 4.39 Å². The van der Waals surface area contributed by atoms with Gasteiger partial charge in [-0.3, -0.25) is 4.79 Å². The number of hydrogen-bond donors (Lipinski definition) is 1. The molecule has 0 spiro atoms. The second-order valence-corrected chi connectivity index (χ2v) is 6.50. The molecule has 0 aliphatic rings. The van der Waals surface area contributed by atoms with Crippen LogP contribution in [0.15, 0.2) is 56.8 Å². The number of aromatic amines is 1. The lowest BCUT2D eigenvalue weighted by Crippen LogP contribution is -2.20. The van der Waals surface area contributed by atoms with E-state index in [-0.39, 0.29) is 5.56 Å². The molecule has 5 nitrogen and oxygen atoms in total. The van der Waals surface area contributed by atoms with Crippen molar-refractivity contribution in [2.45, 2.75) is 6.92 Å². The van der Waals surface area contributed by atoms with Gasteiger partial charge in [0.2, 0.25) is 0 Å². The zero-order chi connectivity index (χ0) is 17.6. The fourth-order valence-corrected chi connectivity index (χ4v) is 3.08. The highest BCUT2D eigenvalue weighted by molar-refractivity contribution is 9.10. The summed E-state index contributed by atoms with van der Waals surface area (Å²) >= 11 is 3.43. The minimum atomic E-state index is -0.401. The van der Waals surface area contributed by atoms with Crippen molar-refractivity contribution in [1.82, 2.24) is 14.6 Å². The predicted molar refractivity (Wildman–Crippen MR) is 99.7 cm³/mol. The number of halogens is 2. The second kappa shape index (κ2) is 5.93. The first-order valence-electron chi connectivity index (χ1n) is 7.54. The number of aryl methyl sites for hydroxylation is 1. The molecule has 0 amide bonds. The zero-order valence-electron chi connectivity index (χ0n) is 13.1. The molecule has 0 unspecified atom stereocenters. The summed E-state index contributed by atoms with van der Waals surface area (Å²) in [4.78, 5) is 20.4. The van der Waals surface area contributed by atoms with Crippen molar-refractivity contribution in [2.75, 3.05) is 0 Å². The highest BCUT2D eigenvalue weighted by atomic mass is 79.9. The van der Waals surface area contributed by atoms with Crippen molar-refractivity contribution in [3.8, 4) is 0 Å². The van der Waals surface area contributed by atoms with Gasteiger partial charge in [-0.1, -0.05) is 34.1 Å². The van der Waals surface area contributed by atoms with Crippen LogP contribution in [0, 0.1) is 12.7 Å². The van der Waals surface area contributed by atoms with E-state index in [9.17, 15) is 9.18 Å². The number of rotatable bonds is 2. The summed E-state index contributed by atoms with van der Waals surface area (Å²) in [5.74, 6) is 0.0208. The van der Waals surface area contributed by atoms with Gasteiger partial charge >= 0.3 is 0 Å². The van der Waals surface area contributed by atoms with Crippen LogP contribution in [-0.4, -0.2) is 20.9 Å². The maximum absolute atomic E-state index is 13.7. The van der Waals surface area contributed by atoms with Gasteiger partial charge in [0.15, 0.2) is 0 Å². The maximum Gasteiger partial charge on any atom is 0.298 e. The Morgan fingerprint density at radius 1 is 1.28 bits per heavy atom. The first-order chi connectivity index (χ1) is 12.0. The van der Waals surface area contributed by atoms with Crippen LogP contribution in [0.25, 0.3) is 21.9 Å². The summed E-state index contributed by atoms with van der Waals surface area (Å²) in [7, 11) is 0. The van der Waals surface area contributed by atoms with Gasteiger partial charge < -0.3 is 4.98 Å². The molecular weight excluding hydrogens is 387 g/mol. The molecule has 0 saturated carbocycles. The number of fused-ring (bicyclic) bond motifs is 3. The SMILES string of the molecule is Cc1nc2c([nH]c3ccc(Br)cc32)c(=O)n1/N=C\c1ccccc1F. The molecule has 1 N–H and O–H groups in total. The second-order valence-electron chi connectivity index (χ2n) is 5.58. The first-order valence-corrected chi connectivity index (χ1v) is 8.33. The third kappa shape index (κ3) is 2.66. The Kier molecular flexibility index (Phi) is 3.73. The highest BCUT2D eigenvalue weighted by Gasteiger charge is 2.13. The van der Waals surface area contributed by atoms with Crippen molar-refractivity contribution in [3.05, 3.63) is 74.5 Å². The Balaban J connectivity index is 1.92. The van der Waals surface area contributed by atoms with Gasteiger partial charge in [-0.05, 0) is 31.2 Å². The Labute approximate surface area is 150 Å². The summed E-state index contributed by atoms with van der Waals surface area (Å²) in [6.45, 7) is 1.69. The van der Waals surface area contributed by atoms with Crippen molar-refractivity contribution >= 4 is 44.1 Å². The molecule has 0 radical (unpaired) electrons. The molecule has 2 aromatic heterocycles. The van der Waals surface area contributed by atoms with Gasteiger partial charge in [0.1, 0.15) is 22.7 Å². The predicted octanol–water partition coefficient (Wildman–Crippen LogP) is 3.97. The normalized spacial score (nSPS) is 11.8. The molecule has 25 heavy (non-hydrogen) atoms. The van der Waals surface area contributed by atoms with Gasteiger partial charge in [-0.15, -0.1) is 0 Å². The van der Waals surface area contributed by atoms with Gasteiger partial charge in [-0.2, -0.15) is 9.78 Å². The average molecular weight is 399 g/mol. The maximum atomic E-state index is 13.7. The van der Waals surface area contributed by atoms with E-state index in [2.05, 4.69) is 31.0 Å². The van der Waals surface area contributed by atoms with Crippen LogP contribution < -0.4 is 5.56 Å². The fraction of sp³-hybridized carbons (Fsp3) is 0.0556. The number of aromatic nitrogens is 3. The van der Waals surface area contributed by atoms with E-state index in [1.165, 1.54) is 17.0 Å². The molecule has 0 fully saturated rings. The smallest absolute Gasteiger partial charge is 0.298 e. The Hall–Kier alpha value is -2.80. The zero-order valence-corrected chi connectivity index (χ0v) is 14.7. The van der Waals surface area contributed by atoms with Crippen molar-refractivity contribution < 1.29 is 4.39 Å². The van der Waals surface area contributed by atoms with E-state index in [0.717, 1.165) is 15.4 Å². The van der Waals surface area contributed by atoms with Crippen LogP contribution >= 0.6 is 15.9 Å². The molecule has 2 aromatic carbocycles. The first kappa shape index (κ1) is 15.7. The lowest BCUT2D eigenvalue weighted by atomic mass is 10.2. The third-order valence-electron chi connectivity index (χ3n) is 3.94. The van der Waals surface area contributed by atoms with Crippen molar-refractivity contribution in [2.24, 2.45) is 5.10 Å². The lowest BCUT2D eigenvalue weighted by molar-refractivity contribution is 0.625. The van der Waals surface area contributed by atoms with E-state index in [0.29, 0.717) is 22.4 Å². The van der Waals surface area contributed by atoms with Gasteiger partial charge in [0.25, 0.3) is 5.56 Å². The van der Waals surface area contributed by atoms with Crippen molar-refractivity contribution in [3.63, 3.8) is 0 Å². The summed E-state index contributed by atoms with van der Waals surface area (Å²) in [5, 5.41) is 4.98. The molecule has 4 rings (SSSR count). The van der Waals surface area contributed by atoms with E-state index in [4.69, 9.17) is 0 Å².